The SMILES string of the molecule is CCS(=O)(=O)CCNC1CC(OC)C1. The van der Waals surface area contributed by atoms with Gasteiger partial charge in [-0.2, -0.15) is 0 Å². The smallest absolute Gasteiger partial charge is 0.151 e. The molecule has 0 unspecified atom stereocenters. The van der Waals surface area contributed by atoms with E-state index in [1.807, 2.05) is 0 Å². The third-order valence-corrected chi connectivity index (χ3v) is 4.42. The molecule has 1 fully saturated rings. The van der Waals surface area contributed by atoms with E-state index in [0.29, 0.717) is 18.7 Å². The number of hydrogen-bond acceptors (Lipinski definition) is 4. The second kappa shape index (κ2) is 5.09. The molecule has 0 saturated heterocycles. The molecule has 0 aromatic rings. The van der Waals surface area contributed by atoms with Crippen LogP contribution in [0.4, 0.5) is 0 Å². The maximum Gasteiger partial charge on any atom is 0.151 e. The zero-order valence-corrected chi connectivity index (χ0v) is 9.64. The van der Waals surface area contributed by atoms with Crippen LogP contribution in [0.15, 0.2) is 0 Å². The average Bonchev–Trinajstić information content (AvgIpc) is 2.09. The molecule has 0 spiro atoms. The Hall–Kier alpha value is -0.130. The van der Waals surface area contributed by atoms with E-state index in [9.17, 15) is 8.42 Å². The molecule has 1 saturated carbocycles. The van der Waals surface area contributed by atoms with Crippen LogP contribution in [-0.4, -0.2) is 45.7 Å². The van der Waals surface area contributed by atoms with Gasteiger partial charge < -0.3 is 10.1 Å². The average molecular weight is 221 g/mol. The van der Waals surface area contributed by atoms with Crippen molar-refractivity contribution in [3.8, 4) is 0 Å². The first-order chi connectivity index (χ1) is 6.57. The first kappa shape index (κ1) is 11.9. The summed E-state index contributed by atoms with van der Waals surface area (Å²) in [5, 5.41) is 3.21. The van der Waals surface area contributed by atoms with Gasteiger partial charge in [-0.3, -0.25) is 0 Å². The maximum atomic E-state index is 11.1. The lowest BCUT2D eigenvalue weighted by molar-refractivity contribution is 0.0181. The molecule has 0 aliphatic heterocycles. The summed E-state index contributed by atoms with van der Waals surface area (Å²) in [5.74, 6) is 0.484. The normalized spacial score (nSPS) is 27.3. The standard InChI is InChI=1S/C9H19NO3S/c1-3-14(11,12)5-4-10-8-6-9(7-8)13-2/h8-10H,3-7H2,1-2H3. The third kappa shape index (κ3) is 3.55. The van der Waals surface area contributed by atoms with Gasteiger partial charge in [0.05, 0.1) is 11.9 Å². The predicted molar refractivity (Wildman–Crippen MR) is 56.1 cm³/mol. The van der Waals surface area contributed by atoms with E-state index >= 15 is 0 Å². The summed E-state index contributed by atoms with van der Waals surface area (Å²) in [4.78, 5) is 0. The predicted octanol–water partition coefficient (Wildman–Crippen LogP) is 0.188. The van der Waals surface area contributed by atoms with Gasteiger partial charge in [0.25, 0.3) is 0 Å². The molecular formula is C9H19NO3S. The minimum atomic E-state index is -2.81. The molecule has 0 atom stereocenters. The van der Waals surface area contributed by atoms with Crippen molar-refractivity contribution in [1.82, 2.24) is 5.32 Å². The zero-order valence-electron chi connectivity index (χ0n) is 8.82. The Bertz CT molecular complexity index is 257. The molecule has 5 heteroatoms. The summed E-state index contributed by atoms with van der Waals surface area (Å²) in [6, 6.07) is 0.451. The number of ether oxygens (including phenoxy) is 1. The van der Waals surface area contributed by atoms with Crippen LogP contribution in [-0.2, 0) is 14.6 Å². The van der Waals surface area contributed by atoms with Crippen molar-refractivity contribution in [3.63, 3.8) is 0 Å². The Balaban J connectivity index is 2.06. The molecule has 4 nitrogen and oxygen atoms in total. The van der Waals surface area contributed by atoms with Crippen LogP contribution in [0.1, 0.15) is 19.8 Å². The monoisotopic (exact) mass is 221 g/mol. The first-order valence-electron chi connectivity index (χ1n) is 5.04. The van der Waals surface area contributed by atoms with Crippen LogP contribution >= 0.6 is 0 Å². The van der Waals surface area contributed by atoms with E-state index in [2.05, 4.69) is 5.32 Å². The highest BCUT2D eigenvalue weighted by atomic mass is 32.2. The maximum absolute atomic E-state index is 11.1. The molecule has 1 aliphatic rings. The van der Waals surface area contributed by atoms with Crippen molar-refractivity contribution >= 4 is 9.84 Å². The van der Waals surface area contributed by atoms with Gasteiger partial charge in [-0.15, -0.1) is 0 Å². The van der Waals surface area contributed by atoms with E-state index in [-0.39, 0.29) is 11.5 Å². The van der Waals surface area contributed by atoms with Crippen LogP contribution in [0.5, 0.6) is 0 Å². The molecule has 0 bridgehead atoms. The Morgan fingerprint density at radius 1 is 1.43 bits per heavy atom. The number of methoxy groups -OCH3 is 1. The van der Waals surface area contributed by atoms with Gasteiger partial charge in [0.2, 0.25) is 0 Å². The molecular weight excluding hydrogens is 202 g/mol. The molecule has 0 aromatic heterocycles. The Morgan fingerprint density at radius 3 is 2.57 bits per heavy atom. The molecule has 14 heavy (non-hydrogen) atoms. The molecule has 0 radical (unpaired) electrons. The second-order valence-corrected chi connectivity index (χ2v) is 6.19. The highest BCUT2D eigenvalue weighted by Crippen LogP contribution is 2.22. The minimum Gasteiger partial charge on any atom is -0.381 e. The molecule has 0 amide bonds. The van der Waals surface area contributed by atoms with Crippen molar-refractivity contribution in [1.29, 1.82) is 0 Å². The molecule has 0 aromatic carbocycles. The summed E-state index contributed by atoms with van der Waals surface area (Å²) in [6.45, 7) is 2.25. The van der Waals surface area contributed by atoms with Crippen molar-refractivity contribution in [2.75, 3.05) is 25.2 Å². The van der Waals surface area contributed by atoms with Crippen LogP contribution < -0.4 is 5.32 Å². The summed E-state index contributed by atoms with van der Waals surface area (Å²) in [6.07, 6.45) is 2.38. The minimum absolute atomic E-state index is 0.236. The lowest BCUT2D eigenvalue weighted by atomic mass is 9.89. The molecule has 0 heterocycles. The fraction of sp³-hybridized carbons (Fsp3) is 1.00. The van der Waals surface area contributed by atoms with Gasteiger partial charge in [-0.25, -0.2) is 8.42 Å². The number of rotatable bonds is 6. The van der Waals surface area contributed by atoms with Crippen molar-refractivity contribution in [3.05, 3.63) is 0 Å². The van der Waals surface area contributed by atoms with E-state index in [0.717, 1.165) is 12.8 Å². The first-order valence-corrected chi connectivity index (χ1v) is 6.86. The van der Waals surface area contributed by atoms with Crippen LogP contribution in [0.3, 0.4) is 0 Å². The molecule has 1 aliphatic carbocycles. The lowest BCUT2D eigenvalue weighted by Crippen LogP contribution is -2.46. The number of nitrogens with one attached hydrogen (secondary N) is 1. The Kier molecular flexibility index (Phi) is 4.34. The zero-order chi connectivity index (χ0) is 10.6. The fourth-order valence-corrected chi connectivity index (χ4v) is 2.21. The largest absolute Gasteiger partial charge is 0.381 e. The molecule has 1 N–H and O–H groups in total. The highest BCUT2D eigenvalue weighted by molar-refractivity contribution is 7.91. The third-order valence-electron chi connectivity index (χ3n) is 2.71. The molecule has 1 rings (SSSR count). The Labute approximate surface area is 85.9 Å². The summed E-state index contributed by atoms with van der Waals surface area (Å²) < 4.78 is 27.4. The number of sulfone groups is 1. The van der Waals surface area contributed by atoms with Gasteiger partial charge in [0, 0.05) is 25.4 Å². The summed E-state index contributed by atoms with van der Waals surface area (Å²) in [5.41, 5.74) is 0. The van der Waals surface area contributed by atoms with Gasteiger partial charge in [0.1, 0.15) is 0 Å². The Morgan fingerprint density at radius 2 is 2.07 bits per heavy atom. The van der Waals surface area contributed by atoms with Gasteiger partial charge >= 0.3 is 0 Å². The van der Waals surface area contributed by atoms with E-state index in [1.165, 1.54) is 0 Å². The van der Waals surface area contributed by atoms with Gasteiger partial charge in [-0.1, -0.05) is 6.92 Å². The number of hydrogen-bond donors (Lipinski definition) is 1. The van der Waals surface area contributed by atoms with E-state index < -0.39 is 9.84 Å². The fourth-order valence-electron chi connectivity index (χ4n) is 1.49. The quantitative estimate of drug-likeness (QED) is 0.695. The van der Waals surface area contributed by atoms with Crippen molar-refractivity contribution in [2.45, 2.75) is 31.9 Å². The van der Waals surface area contributed by atoms with E-state index in [1.54, 1.807) is 14.0 Å². The lowest BCUT2D eigenvalue weighted by Gasteiger charge is -2.34. The highest BCUT2D eigenvalue weighted by Gasteiger charge is 2.28. The topological polar surface area (TPSA) is 55.4 Å². The van der Waals surface area contributed by atoms with E-state index in [4.69, 9.17) is 4.74 Å². The molecule has 84 valence electrons. The van der Waals surface area contributed by atoms with Crippen LogP contribution in [0, 0.1) is 0 Å². The van der Waals surface area contributed by atoms with Crippen LogP contribution in [0.2, 0.25) is 0 Å². The second-order valence-electron chi connectivity index (χ2n) is 3.72. The summed E-state index contributed by atoms with van der Waals surface area (Å²) >= 11 is 0. The van der Waals surface area contributed by atoms with Crippen molar-refractivity contribution < 1.29 is 13.2 Å². The summed E-state index contributed by atoms with van der Waals surface area (Å²) in [7, 11) is -1.10. The van der Waals surface area contributed by atoms with Crippen LogP contribution in [0.25, 0.3) is 0 Å². The van der Waals surface area contributed by atoms with Crippen molar-refractivity contribution in [2.24, 2.45) is 0 Å². The van der Waals surface area contributed by atoms with Gasteiger partial charge in [-0.05, 0) is 12.8 Å². The van der Waals surface area contributed by atoms with Gasteiger partial charge in [0.15, 0.2) is 9.84 Å².